The van der Waals surface area contributed by atoms with Gasteiger partial charge in [-0.2, -0.15) is 4.98 Å². The molecule has 0 N–H and O–H groups in total. The Hall–Kier alpha value is -2.21. The summed E-state index contributed by atoms with van der Waals surface area (Å²) < 4.78 is 5.44. The second-order valence-electron chi connectivity index (χ2n) is 6.96. The third kappa shape index (κ3) is 3.74. The maximum absolute atomic E-state index is 12.5. The number of rotatable bonds is 4. The fraction of sp³-hybridized carbons (Fsp3) is 0.526. The van der Waals surface area contributed by atoms with E-state index in [9.17, 15) is 4.79 Å². The third-order valence-corrected chi connectivity index (χ3v) is 5.24. The topological polar surface area (TPSA) is 62.5 Å². The average molecular weight is 340 g/mol. The van der Waals surface area contributed by atoms with Gasteiger partial charge in [0.1, 0.15) is 0 Å². The Morgan fingerprint density at radius 2 is 1.80 bits per heavy atom. The highest BCUT2D eigenvalue weighted by Crippen LogP contribution is 2.32. The summed E-state index contributed by atoms with van der Waals surface area (Å²) in [4.78, 5) is 21.3. The predicted molar refractivity (Wildman–Crippen MR) is 93.1 cm³/mol. The van der Waals surface area contributed by atoms with Gasteiger partial charge in [0, 0.05) is 37.7 Å². The van der Waals surface area contributed by atoms with Gasteiger partial charge in [-0.3, -0.25) is 9.69 Å². The molecule has 0 spiro atoms. The molecule has 1 aliphatic heterocycles. The Balaban J connectivity index is 1.29. The molecule has 2 aliphatic rings. The molecule has 0 bridgehead atoms. The fourth-order valence-electron chi connectivity index (χ4n) is 3.75. The standard InChI is InChI=1S/C19H24N4O2/c24-19(16-8-2-1-3-9-16)23-12-10-22(11-13-23)14-17-20-18(21-25-17)15-6-4-5-7-15/h1-3,8-9,15H,4-7,10-14H2. The Morgan fingerprint density at radius 3 is 2.52 bits per heavy atom. The molecule has 0 atom stereocenters. The highest BCUT2D eigenvalue weighted by molar-refractivity contribution is 5.94. The molecule has 132 valence electrons. The molecule has 1 amide bonds. The molecule has 2 fully saturated rings. The minimum atomic E-state index is 0.113. The van der Waals surface area contributed by atoms with Crippen LogP contribution in [0, 0.1) is 0 Å². The summed E-state index contributed by atoms with van der Waals surface area (Å²) in [5, 5.41) is 4.17. The number of piperazine rings is 1. The maximum Gasteiger partial charge on any atom is 0.253 e. The maximum atomic E-state index is 12.5. The van der Waals surface area contributed by atoms with E-state index in [1.807, 2.05) is 35.2 Å². The van der Waals surface area contributed by atoms with Crippen LogP contribution in [-0.2, 0) is 6.54 Å². The first kappa shape index (κ1) is 16.3. The van der Waals surface area contributed by atoms with E-state index in [0.717, 1.165) is 37.6 Å². The summed E-state index contributed by atoms with van der Waals surface area (Å²) in [5.74, 6) is 2.18. The molecule has 6 heteroatoms. The van der Waals surface area contributed by atoms with Crippen LogP contribution in [0.5, 0.6) is 0 Å². The van der Waals surface area contributed by atoms with E-state index in [1.165, 1.54) is 25.7 Å². The minimum Gasteiger partial charge on any atom is -0.338 e. The van der Waals surface area contributed by atoms with Gasteiger partial charge in [0.2, 0.25) is 5.89 Å². The predicted octanol–water partition coefficient (Wildman–Crippen LogP) is 2.69. The van der Waals surface area contributed by atoms with Crippen molar-refractivity contribution in [3.63, 3.8) is 0 Å². The van der Waals surface area contributed by atoms with Crippen molar-refractivity contribution in [1.82, 2.24) is 19.9 Å². The molecule has 1 saturated carbocycles. The van der Waals surface area contributed by atoms with Crippen LogP contribution in [0.2, 0.25) is 0 Å². The number of benzene rings is 1. The third-order valence-electron chi connectivity index (χ3n) is 5.24. The zero-order valence-electron chi connectivity index (χ0n) is 14.4. The summed E-state index contributed by atoms with van der Waals surface area (Å²) in [6, 6.07) is 9.48. The molecule has 1 aromatic heterocycles. The van der Waals surface area contributed by atoms with E-state index in [0.29, 0.717) is 18.4 Å². The van der Waals surface area contributed by atoms with Gasteiger partial charge in [0.05, 0.1) is 6.54 Å². The van der Waals surface area contributed by atoms with Crippen molar-refractivity contribution in [3.05, 3.63) is 47.6 Å². The van der Waals surface area contributed by atoms with Crippen LogP contribution in [0.15, 0.2) is 34.9 Å². The second kappa shape index (κ2) is 7.35. The molecule has 0 unspecified atom stereocenters. The van der Waals surface area contributed by atoms with Crippen LogP contribution in [0.1, 0.15) is 53.7 Å². The highest BCUT2D eigenvalue weighted by Gasteiger charge is 2.25. The Bertz CT molecular complexity index is 701. The molecule has 2 aromatic rings. The van der Waals surface area contributed by atoms with Crippen LogP contribution in [0.3, 0.4) is 0 Å². The Labute approximate surface area is 147 Å². The number of nitrogens with zero attached hydrogens (tertiary/aromatic N) is 4. The Kier molecular flexibility index (Phi) is 4.78. The number of aromatic nitrogens is 2. The van der Waals surface area contributed by atoms with E-state index in [4.69, 9.17) is 4.52 Å². The molecule has 1 saturated heterocycles. The fourth-order valence-corrected chi connectivity index (χ4v) is 3.75. The number of hydrogen-bond acceptors (Lipinski definition) is 5. The van der Waals surface area contributed by atoms with Crippen molar-refractivity contribution < 1.29 is 9.32 Å². The van der Waals surface area contributed by atoms with Gasteiger partial charge in [-0.05, 0) is 25.0 Å². The van der Waals surface area contributed by atoms with Crippen molar-refractivity contribution in [1.29, 1.82) is 0 Å². The molecule has 2 heterocycles. The lowest BCUT2D eigenvalue weighted by Gasteiger charge is -2.34. The van der Waals surface area contributed by atoms with Crippen molar-refractivity contribution >= 4 is 5.91 Å². The van der Waals surface area contributed by atoms with E-state index < -0.39 is 0 Å². The minimum absolute atomic E-state index is 0.113. The quantitative estimate of drug-likeness (QED) is 0.856. The van der Waals surface area contributed by atoms with Crippen molar-refractivity contribution in [2.75, 3.05) is 26.2 Å². The molecular weight excluding hydrogens is 316 g/mol. The number of carbonyl (C=O) groups is 1. The molecule has 1 aliphatic carbocycles. The van der Waals surface area contributed by atoms with Gasteiger partial charge in [-0.1, -0.05) is 36.2 Å². The average Bonchev–Trinajstić information content (AvgIpc) is 3.34. The van der Waals surface area contributed by atoms with E-state index in [-0.39, 0.29) is 5.91 Å². The van der Waals surface area contributed by atoms with Crippen molar-refractivity contribution in [2.45, 2.75) is 38.1 Å². The summed E-state index contributed by atoms with van der Waals surface area (Å²) in [6.07, 6.45) is 4.90. The first-order valence-electron chi connectivity index (χ1n) is 9.19. The van der Waals surface area contributed by atoms with Crippen molar-refractivity contribution in [2.24, 2.45) is 0 Å². The number of hydrogen-bond donors (Lipinski definition) is 0. The van der Waals surface area contributed by atoms with Crippen LogP contribution in [0.4, 0.5) is 0 Å². The van der Waals surface area contributed by atoms with Crippen LogP contribution < -0.4 is 0 Å². The van der Waals surface area contributed by atoms with Crippen LogP contribution >= 0.6 is 0 Å². The van der Waals surface area contributed by atoms with Gasteiger partial charge in [-0.15, -0.1) is 0 Å². The van der Waals surface area contributed by atoms with Gasteiger partial charge in [-0.25, -0.2) is 0 Å². The molecule has 1 aromatic carbocycles. The highest BCUT2D eigenvalue weighted by atomic mass is 16.5. The van der Waals surface area contributed by atoms with Gasteiger partial charge in [0.25, 0.3) is 5.91 Å². The lowest BCUT2D eigenvalue weighted by molar-refractivity contribution is 0.0615. The number of carbonyl (C=O) groups excluding carboxylic acids is 1. The molecule has 6 nitrogen and oxygen atoms in total. The van der Waals surface area contributed by atoms with E-state index in [1.54, 1.807) is 0 Å². The van der Waals surface area contributed by atoms with Crippen LogP contribution in [-0.4, -0.2) is 52.0 Å². The number of amides is 1. The zero-order chi connectivity index (χ0) is 17.1. The molecule has 4 rings (SSSR count). The zero-order valence-corrected chi connectivity index (χ0v) is 14.4. The second-order valence-corrected chi connectivity index (χ2v) is 6.96. The molecular formula is C19H24N4O2. The summed E-state index contributed by atoms with van der Waals surface area (Å²) in [6.45, 7) is 3.81. The first-order chi connectivity index (χ1) is 12.3. The summed E-state index contributed by atoms with van der Waals surface area (Å²) >= 11 is 0. The van der Waals surface area contributed by atoms with Crippen LogP contribution in [0.25, 0.3) is 0 Å². The smallest absolute Gasteiger partial charge is 0.253 e. The molecule has 0 radical (unpaired) electrons. The Morgan fingerprint density at radius 1 is 1.08 bits per heavy atom. The van der Waals surface area contributed by atoms with E-state index in [2.05, 4.69) is 15.0 Å². The van der Waals surface area contributed by atoms with E-state index >= 15 is 0 Å². The normalized spacial score (nSPS) is 19.4. The van der Waals surface area contributed by atoms with Gasteiger partial charge >= 0.3 is 0 Å². The lowest BCUT2D eigenvalue weighted by Crippen LogP contribution is -2.48. The summed E-state index contributed by atoms with van der Waals surface area (Å²) in [7, 11) is 0. The SMILES string of the molecule is O=C(c1ccccc1)N1CCN(Cc2nc(C3CCCC3)no2)CC1. The largest absolute Gasteiger partial charge is 0.338 e. The lowest BCUT2D eigenvalue weighted by atomic mass is 10.1. The summed E-state index contributed by atoms with van der Waals surface area (Å²) in [5.41, 5.74) is 0.758. The monoisotopic (exact) mass is 340 g/mol. The van der Waals surface area contributed by atoms with Crippen molar-refractivity contribution in [3.8, 4) is 0 Å². The molecule has 25 heavy (non-hydrogen) atoms. The first-order valence-corrected chi connectivity index (χ1v) is 9.19. The van der Waals surface area contributed by atoms with Gasteiger partial charge < -0.3 is 9.42 Å². The van der Waals surface area contributed by atoms with Gasteiger partial charge in [0.15, 0.2) is 5.82 Å².